The van der Waals surface area contributed by atoms with Crippen LogP contribution >= 0.6 is 0 Å². The SMILES string of the molecule is O=C(Nc1ccc(OC(F)F)c2ncccc12)c1cc2ccccc2oc1=O. The monoisotopic (exact) mass is 382 g/mol. The molecular weight excluding hydrogens is 370 g/mol. The summed E-state index contributed by atoms with van der Waals surface area (Å²) in [6.07, 6.45) is 1.42. The first-order valence-corrected chi connectivity index (χ1v) is 8.20. The van der Waals surface area contributed by atoms with E-state index in [0.717, 1.165) is 0 Å². The Labute approximate surface area is 156 Å². The van der Waals surface area contributed by atoms with Gasteiger partial charge in [-0.25, -0.2) is 4.79 Å². The summed E-state index contributed by atoms with van der Waals surface area (Å²) < 4.78 is 34.8. The summed E-state index contributed by atoms with van der Waals surface area (Å²) in [6.45, 7) is -3.01. The number of ether oxygens (including phenoxy) is 1. The number of pyridine rings is 1. The zero-order valence-electron chi connectivity index (χ0n) is 14.2. The van der Waals surface area contributed by atoms with Crippen LogP contribution < -0.4 is 15.7 Å². The lowest BCUT2D eigenvalue weighted by molar-refractivity contribution is -0.0489. The molecule has 140 valence electrons. The summed E-state index contributed by atoms with van der Waals surface area (Å²) in [5.74, 6) is -0.805. The van der Waals surface area contributed by atoms with Crippen LogP contribution in [0.5, 0.6) is 5.75 Å². The molecule has 2 aromatic carbocycles. The van der Waals surface area contributed by atoms with Crippen molar-refractivity contribution in [3.8, 4) is 5.75 Å². The van der Waals surface area contributed by atoms with E-state index >= 15 is 0 Å². The number of amides is 1. The lowest BCUT2D eigenvalue weighted by Crippen LogP contribution is -2.20. The number of para-hydroxylation sites is 1. The van der Waals surface area contributed by atoms with Crippen LogP contribution in [0.3, 0.4) is 0 Å². The molecule has 1 amide bonds. The maximum atomic E-state index is 12.6. The Morgan fingerprint density at radius 3 is 2.75 bits per heavy atom. The highest BCUT2D eigenvalue weighted by Gasteiger charge is 2.17. The van der Waals surface area contributed by atoms with Crippen LogP contribution in [0.2, 0.25) is 0 Å². The van der Waals surface area contributed by atoms with E-state index in [4.69, 9.17) is 4.42 Å². The van der Waals surface area contributed by atoms with Crippen LogP contribution in [0.25, 0.3) is 21.9 Å². The molecule has 2 heterocycles. The second-order valence-corrected chi connectivity index (χ2v) is 5.83. The number of hydrogen-bond donors (Lipinski definition) is 1. The number of alkyl halides is 2. The molecule has 4 rings (SSSR count). The molecule has 6 nitrogen and oxygen atoms in total. The average molecular weight is 382 g/mol. The number of rotatable bonds is 4. The van der Waals surface area contributed by atoms with Crippen LogP contribution in [0, 0.1) is 0 Å². The maximum absolute atomic E-state index is 12.6. The van der Waals surface area contributed by atoms with Gasteiger partial charge in [0.25, 0.3) is 5.91 Å². The lowest BCUT2D eigenvalue weighted by atomic mass is 10.1. The molecule has 4 aromatic rings. The van der Waals surface area contributed by atoms with E-state index in [0.29, 0.717) is 22.0 Å². The summed E-state index contributed by atoms with van der Waals surface area (Å²) >= 11 is 0. The number of carbonyl (C=O) groups excluding carboxylic acids is 1. The number of aromatic nitrogens is 1. The van der Waals surface area contributed by atoms with Crippen molar-refractivity contribution in [3.63, 3.8) is 0 Å². The van der Waals surface area contributed by atoms with Gasteiger partial charge in [0.1, 0.15) is 16.7 Å². The van der Waals surface area contributed by atoms with Gasteiger partial charge in [0.2, 0.25) is 0 Å². The van der Waals surface area contributed by atoms with Crippen LogP contribution in [-0.2, 0) is 0 Å². The third kappa shape index (κ3) is 3.27. The molecule has 0 saturated carbocycles. The zero-order valence-corrected chi connectivity index (χ0v) is 14.2. The summed E-state index contributed by atoms with van der Waals surface area (Å²) in [5, 5.41) is 3.59. The first-order chi connectivity index (χ1) is 13.5. The standard InChI is InChI=1S/C20H12F2N2O4/c21-20(22)28-16-8-7-14(12-5-3-9-23-17(12)16)24-18(25)13-10-11-4-1-2-6-15(11)27-19(13)26/h1-10,20H,(H,24,25). The minimum atomic E-state index is -3.01. The molecule has 0 aliphatic rings. The van der Waals surface area contributed by atoms with Gasteiger partial charge in [-0.05, 0) is 36.4 Å². The third-order valence-corrected chi connectivity index (χ3v) is 4.08. The Balaban J connectivity index is 1.73. The van der Waals surface area contributed by atoms with E-state index in [1.54, 1.807) is 36.4 Å². The van der Waals surface area contributed by atoms with Crippen molar-refractivity contribution >= 4 is 33.5 Å². The minimum Gasteiger partial charge on any atom is -0.432 e. The Kier molecular flexibility index (Phi) is 4.44. The first kappa shape index (κ1) is 17.6. The molecule has 0 radical (unpaired) electrons. The largest absolute Gasteiger partial charge is 0.432 e. The third-order valence-electron chi connectivity index (χ3n) is 4.08. The van der Waals surface area contributed by atoms with E-state index in [2.05, 4.69) is 15.0 Å². The molecule has 1 N–H and O–H groups in total. The molecule has 0 spiro atoms. The molecular formula is C20H12F2N2O4. The Hall–Kier alpha value is -3.81. The number of anilines is 1. The van der Waals surface area contributed by atoms with E-state index in [1.165, 1.54) is 24.4 Å². The molecule has 0 atom stereocenters. The van der Waals surface area contributed by atoms with Crippen molar-refractivity contribution in [2.75, 3.05) is 5.32 Å². The van der Waals surface area contributed by atoms with Gasteiger partial charge < -0.3 is 14.5 Å². The molecule has 0 saturated heterocycles. The summed E-state index contributed by atoms with van der Waals surface area (Å²) in [5.41, 5.74) is -0.138. The van der Waals surface area contributed by atoms with Gasteiger partial charge in [0.05, 0.1) is 5.69 Å². The molecule has 0 unspecified atom stereocenters. The van der Waals surface area contributed by atoms with Crippen molar-refractivity contribution < 1.29 is 22.7 Å². The minimum absolute atomic E-state index is 0.117. The van der Waals surface area contributed by atoms with Crippen LogP contribution in [0.4, 0.5) is 14.5 Å². The fourth-order valence-electron chi connectivity index (χ4n) is 2.86. The van der Waals surface area contributed by atoms with Crippen molar-refractivity contribution in [1.82, 2.24) is 4.98 Å². The molecule has 0 bridgehead atoms. The van der Waals surface area contributed by atoms with Gasteiger partial charge in [0, 0.05) is 17.0 Å². The second kappa shape index (κ2) is 7.07. The molecule has 2 aromatic heterocycles. The molecule has 8 heteroatoms. The summed E-state index contributed by atoms with van der Waals surface area (Å²) in [4.78, 5) is 28.8. The highest BCUT2D eigenvalue weighted by molar-refractivity contribution is 6.10. The number of benzene rings is 2. The highest BCUT2D eigenvalue weighted by atomic mass is 19.3. The lowest BCUT2D eigenvalue weighted by Gasteiger charge is -2.12. The molecule has 0 aliphatic carbocycles. The van der Waals surface area contributed by atoms with Crippen LogP contribution in [0.1, 0.15) is 10.4 Å². The van der Waals surface area contributed by atoms with E-state index in [9.17, 15) is 18.4 Å². The zero-order chi connectivity index (χ0) is 19.7. The first-order valence-electron chi connectivity index (χ1n) is 8.20. The van der Waals surface area contributed by atoms with E-state index in [1.807, 2.05) is 0 Å². The number of halogens is 2. The molecule has 0 aliphatic heterocycles. The van der Waals surface area contributed by atoms with Crippen molar-refractivity contribution in [2.24, 2.45) is 0 Å². The quantitative estimate of drug-likeness (QED) is 0.535. The number of hydrogen-bond acceptors (Lipinski definition) is 5. The van der Waals surface area contributed by atoms with Crippen molar-refractivity contribution in [3.05, 3.63) is 76.8 Å². The topological polar surface area (TPSA) is 81.4 Å². The van der Waals surface area contributed by atoms with Crippen LogP contribution in [-0.4, -0.2) is 17.5 Å². The fourth-order valence-corrected chi connectivity index (χ4v) is 2.86. The van der Waals surface area contributed by atoms with Crippen molar-refractivity contribution in [1.29, 1.82) is 0 Å². The summed E-state index contributed by atoms with van der Waals surface area (Å²) in [7, 11) is 0. The number of nitrogens with one attached hydrogen (secondary N) is 1. The smallest absolute Gasteiger partial charge is 0.387 e. The van der Waals surface area contributed by atoms with Gasteiger partial charge in [0.15, 0.2) is 5.75 Å². The number of carbonyl (C=O) groups is 1. The Bertz CT molecular complexity index is 1250. The molecule has 28 heavy (non-hydrogen) atoms. The molecule has 0 fully saturated rings. The normalized spacial score (nSPS) is 11.1. The van der Waals surface area contributed by atoms with E-state index in [-0.39, 0.29) is 16.8 Å². The van der Waals surface area contributed by atoms with Crippen molar-refractivity contribution in [2.45, 2.75) is 6.61 Å². The van der Waals surface area contributed by atoms with Crippen LogP contribution in [0.15, 0.2) is 70.0 Å². The number of fused-ring (bicyclic) bond motifs is 2. The van der Waals surface area contributed by atoms with Gasteiger partial charge in [-0.15, -0.1) is 0 Å². The Morgan fingerprint density at radius 1 is 1.11 bits per heavy atom. The van der Waals surface area contributed by atoms with Gasteiger partial charge in [-0.2, -0.15) is 8.78 Å². The second-order valence-electron chi connectivity index (χ2n) is 5.83. The predicted molar refractivity (Wildman–Crippen MR) is 98.8 cm³/mol. The maximum Gasteiger partial charge on any atom is 0.387 e. The highest BCUT2D eigenvalue weighted by Crippen LogP contribution is 2.31. The summed E-state index contributed by atoms with van der Waals surface area (Å²) in [6, 6.07) is 14.1. The fraction of sp³-hybridized carbons (Fsp3) is 0.0500. The predicted octanol–water partition coefficient (Wildman–Crippen LogP) is 4.19. The Morgan fingerprint density at radius 2 is 1.93 bits per heavy atom. The van der Waals surface area contributed by atoms with Gasteiger partial charge in [-0.3, -0.25) is 9.78 Å². The van der Waals surface area contributed by atoms with E-state index < -0.39 is 18.1 Å². The number of nitrogens with zero attached hydrogens (tertiary/aromatic N) is 1. The van der Waals surface area contributed by atoms with Gasteiger partial charge in [-0.1, -0.05) is 18.2 Å². The van der Waals surface area contributed by atoms with Gasteiger partial charge >= 0.3 is 12.2 Å². The average Bonchev–Trinajstić information content (AvgIpc) is 2.69.